The SMILES string of the molecule is CC(CCc1ccc(Oc2cccc(C(N)=O)c2)cc1)NCC(O)Oc1ccc2nc[nH]c2c1. The first-order valence-corrected chi connectivity index (χ1v) is 11.1. The quantitative estimate of drug-likeness (QED) is 0.253. The van der Waals surface area contributed by atoms with Gasteiger partial charge in [0.1, 0.15) is 17.2 Å². The summed E-state index contributed by atoms with van der Waals surface area (Å²) in [6.45, 7) is 2.39. The Morgan fingerprint density at radius 1 is 1.09 bits per heavy atom. The molecule has 0 bridgehead atoms. The molecule has 3 aromatic carbocycles. The largest absolute Gasteiger partial charge is 0.464 e. The third kappa shape index (κ3) is 6.34. The second kappa shape index (κ2) is 10.8. The number of benzene rings is 3. The molecule has 0 aliphatic rings. The van der Waals surface area contributed by atoms with Crippen LogP contribution >= 0.6 is 0 Å². The van der Waals surface area contributed by atoms with Crippen molar-refractivity contribution in [2.24, 2.45) is 5.73 Å². The van der Waals surface area contributed by atoms with E-state index in [-0.39, 0.29) is 6.04 Å². The molecule has 8 nitrogen and oxygen atoms in total. The van der Waals surface area contributed by atoms with E-state index in [1.165, 1.54) is 5.56 Å². The van der Waals surface area contributed by atoms with Gasteiger partial charge in [0.25, 0.3) is 0 Å². The molecule has 0 radical (unpaired) electrons. The number of hydrogen-bond donors (Lipinski definition) is 4. The molecule has 2 unspecified atom stereocenters. The molecule has 0 fully saturated rings. The zero-order valence-electron chi connectivity index (χ0n) is 18.9. The van der Waals surface area contributed by atoms with E-state index in [4.69, 9.17) is 15.2 Å². The number of imidazole rings is 1. The van der Waals surface area contributed by atoms with Crippen molar-refractivity contribution in [3.63, 3.8) is 0 Å². The molecule has 176 valence electrons. The van der Waals surface area contributed by atoms with Crippen LogP contribution in [0.25, 0.3) is 11.0 Å². The Balaban J connectivity index is 1.20. The maximum absolute atomic E-state index is 11.3. The number of hydrogen-bond acceptors (Lipinski definition) is 6. The van der Waals surface area contributed by atoms with Crippen LogP contribution < -0.4 is 20.5 Å². The van der Waals surface area contributed by atoms with Crippen LogP contribution in [0, 0.1) is 0 Å². The van der Waals surface area contributed by atoms with E-state index in [0.29, 0.717) is 29.4 Å². The molecule has 1 amide bonds. The van der Waals surface area contributed by atoms with Crippen molar-refractivity contribution in [3.8, 4) is 17.2 Å². The van der Waals surface area contributed by atoms with Gasteiger partial charge in [-0.2, -0.15) is 0 Å². The summed E-state index contributed by atoms with van der Waals surface area (Å²) < 4.78 is 11.4. The number of carbonyl (C=O) groups is 1. The van der Waals surface area contributed by atoms with Crippen molar-refractivity contribution in [1.82, 2.24) is 15.3 Å². The first-order valence-electron chi connectivity index (χ1n) is 11.1. The molecule has 4 rings (SSSR count). The van der Waals surface area contributed by atoms with Gasteiger partial charge >= 0.3 is 0 Å². The van der Waals surface area contributed by atoms with Crippen molar-refractivity contribution in [2.45, 2.75) is 32.1 Å². The number of nitrogens with two attached hydrogens (primary N) is 1. The van der Waals surface area contributed by atoms with Crippen LogP contribution in [-0.2, 0) is 6.42 Å². The summed E-state index contributed by atoms with van der Waals surface area (Å²) in [5.74, 6) is 1.35. The molecule has 1 heterocycles. The van der Waals surface area contributed by atoms with E-state index in [2.05, 4.69) is 22.2 Å². The van der Waals surface area contributed by atoms with Crippen LogP contribution in [0.5, 0.6) is 17.2 Å². The second-order valence-corrected chi connectivity index (χ2v) is 8.14. The summed E-state index contributed by atoms with van der Waals surface area (Å²) in [6, 6.07) is 20.3. The molecule has 4 aromatic rings. The second-order valence-electron chi connectivity index (χ2n) is 8.14. The van der Waals surface area contributed by atoms with Crippen molar-refractivity contribution < 1.29 is 19.4 Å². The minimum atomic E-state index is -0.952. The van der Waals surface area contributed by atoms with Crippen LogP contribution in [0.4, 0.5) is 0 Å². The van der Waals surface area contributed by atoms with Crippen molar-refractivity contribution in [1.29, 1.82) is 0 Å². The highest BCUT2D eigenvalue weighted by Gasteiger charge is 2.10. The number of aromatic amines is 1. The number of nitrogens with zero attached hydrogens (tertiary/aromatic N) is 1. The normalized spacial score (nSPS) is 12.9. The van der Waals surface area contributed by atoms with Crippen LogP contribution in [-0.4, -0.2) is 39.9 Å². The third-order valence-electron chi connectivity index (χ3n) is 5.45. The van der Waals surface area contributed by atoms with E-state index in [0.717, 1.165) is 23.9 Å². The van der Waals surface area contributed by atoms with Crippen molar-refractivity contribution in [2.75, 3.05) is 6.54 Å². The Kier molecular flexibility index (Phi) is 7.41. The van der Waals surface area contributed by atoms with Gasteiger partial charge in [-0.05, 0) is 67.8 Å². The van der Waals surface area contributed by atoms with E-state index in [9.17, 15) is 9.90 Å². The number of fused-ring (bicyclic) bond motifs is 1. The lowest BCUT2D eigenvalue weighted by molar-refractivity contribution is -0.0167. The lowest BCUT2D eigenvalue weighted by atomic mass is 10.1. The fourth-order valence-corrected chi connectivity index (χ4v) is 3.55. The molecule has 0 aliphatic heterocycles. The molecule has 1 aromatic heterocycles. The van der Waals surface area contributed by atoms with E-state index >= 15 is 0 Å². The highest BCUT2D eigenvalue weighted by Crippen LogP contribution is 2.23. The molecule has 34 heavy (non-hydrogen) atoms. The molecule has 2 atom stereocenters. The van der Waals surface area contributed by atoms with Crippen LogP contribution in [0.1, 0.15) is 29.3 Å². The maximum atomic E-state index is 11.3. The standard InChI is InChI=1S/C26H28N4O4/c1-17(28-15-25(31)34-22-11-12-23-24(14-22)30-16-29-23)5-6-18-7-9-20(10-8-18)33-21-4-2-3-19(13-21)26(27)32/h2-4,7-14,16-17,25,28,31H,5-6,15H2,1H3,(H2,27,32)(H,29,30). The van der Waals surface area contributed by atoms with E-state index in [1.54, 1.807) is 36.7 Å². The predicted molar refractivity (Wildman–Crippen MR) is 130 cm³/mol. The number of aromatic nitrogens is 2. The maximum Gasteiger partial charge on any atom is 0.248 e. The smallest absolute Gasteiger partial charge is 0.248 e. The Labute approximate surface area is 197 Å². The van der Waals surface area contributed by atoms with Crippen molar-refractivity contribution >= 4 is 16.9 Å². The zero-order valence-corrected chi connectivity index (χ0v) is 18.9. The lowest BCUT2D eigenvalue weighted by Crippen LogP contribution is -2.36. The van der Waals surface area contributed by atoms with Gasteiger partial charge in [-0.15, -0.1) is 0 Å². The van der Waals surface area contributed by atoms with Gasteiger partial charge in [0, 0.05) is 17.7 Å². The molecular formula is C26H28N4O4. The average Bonchev–Trinajstić information content (AvgIpc) is 3.30. The van der Waals surface area contributed by atoms with Gasteiger partial charge in [-0.3, -0.25) is 4.79 Å². The number of amides is 1. The lowest BCUT2D eigenvalue weighted by Gasteiger charge is -2.18. The number of rotatable bonds is 11. The first-order chi connectivity index (χ1) is 16.5. The number of aryl methyl sites for hydroxylation is 1. The summed E-state index contributed by atoms with van der Waals surface area (Å²) in [6.07, 6.45) is 2.44. The first kappa shape index (κ1) is 23.3. The number of aliphatic hydroxyl groups excluding tert-OH is 1. The fourth-order valence-electron chi connectivity index (χ4n) is 3.55. The summed E-state index contributed by atoms with van der Waals surface area (Å²) in [7, 11) is 0. The Morgan fingerprint density at radius 2 is 1.88 bits per heavy atom. The average molecular weight is 461 g/mol. The summed E-state index contributed by atoms with van der Waals surface area (Å²) in [5, 5.41) is 13.5. The molecule has 5 N–H and O–H groups in total. The molecule has 8 heteroatoms. The van der Waals surface area contributed by atoms with Crippen molar-refractivity contribution in [3.05, 3.63) is 84.2 Å². The molecule has 0 aliphatic carbocycles. The number of primary amides is 1. The monoisotopic (exact) mass is 460 g/mol. The number of nitrogens with one attached hydrogen (secondary N) is 2. The zero-order chi connectivity index (χ0) is 23.9. The molecule has 0 saturated heterocycles. The topological polar surface area (TPSA) is 122 Å². The molecule has 0 saturated carbocycles. The van der Waals surface area contributed by atoms with Crippen LogP contribution in [0.2, 0.25) is 0 Å². The minimum absolute atomic E-state index is 0.195. The summed E-state index contributed by atoms with van der Waals surface area (Å²) in [5.41, 5.74) is 8.62. The number of carbonyl (C=O) groups excluding carboxylic acids is 1. The van der Waals surface area contributed by atoms with Gasteiger partial charge in [0.15, 0.2) is 0 Å². The Bertz CT molecular complexity index is 1240. The molecular weight excluding hydrogens is 432 g/mol. The van der Waals surface area contributed by atoms with E-state index < -0.39 is 12.2 Å². The predicted octanol–water partition coefficient (Wildman–Crippen LogP) is 3.76. The van der Waals surface area contributed by atoms with Gasteiger partial charge in [0.05, 0.1) is 23.9 Å². The highest BCUT2D eigenvalue weighted by molar-refractivity contribution is 5.93. The number of aliphatic hydroxyl groups is 1. The van der Waals surface area contributed by atoms with E-state index in [1.807, 2.05) is 36.4 Å². The molecule has 0 spiro atoms. The highest BCUT2D eigenvalue weighted by atomic mass is 16.6. The Morgan fingerprint density at radius 3 is 2.68 bits per heavy atom. The summed E-state index contributed by atoms with van der Waals surface area (Å²) >= 11 is 0. The number of ether oxygens (including phenoxy) is 2. The van der Waals surface area contributed by atoms with Gasteiger partial charge in [-0.1, -0.05) is 18.2 Å². The number of H-pyrrole nitrogens is 1. The van der Waals surface area contributed by atoms with Gasteiger partial charge < -0.3 is 30.6 Å². The van der Waals surface area contributed by atoms with Gasteiger partial charge in [-0.25, -0.2) is 4.98 Å². The third-order valence-corrected chi connectivity index (χ3v) is 5.45. The van der Waals surface area contributed by atoms with Crippen LogP contribution in [0.15, 0.2) is 73.1 Å². The van der Waals surface area contributed by atoms with Crippen LogP contribution in [0.3, 0.4) is 0 Å². The minimum Gasteiger partial charge on any atom is -0.464 e. The Hall–Kier alpha value is -3.88. The van der Waals surface area contributed by atoms with Gasteiger partial charge in [0.2, 0.25) is 12.2 Å². The summed E-state index contributed by atoms with van der Waals surface area (Å²) in [4.78, 5) is 18.5. The fraction of sp³-hybridized carbons (Fsp3) is 0.231.